The number of hydrogen-bond acceptors (Lipinski definition) is 3. The van der Waals surface area contributed by atoms with Crippen LogP contribution in [0.5, 0.6) is 11.5 Å². The average molecular weight is 373 g/mol. The number of halogens is 1. The fourth-order valence-electron chi connectivity index (χ4n) is 2.76. The van der Waals surface area contributed by atoms with E-state index in [1.54, 1.807) is 0 Å². The molecule has 4 nitrogen and oxygen atoms in total. The van der Waals surface area contributed by atoms with Gasteiger partial charge in [-0.3, -0.25) is 0 Å². The minimum Gasteiger partial charge on any atom is -0.490 e. The van der Waals surface area contributed by atoms with Gasteiger partial charge in [-0.15, -0.1) is 0 Å². The minimum atomic E-state index is 0.405. The van der Waals surface area contributed by atoms with Crippen LogP contribution in [0.4, 0.5) is 0 Å². The predicted octanol–water partition coefficient (Wildman–Crippen LogP) is 5.93. The molecule has 1 heterocycles. The minimum absolute atomic E-state index is 0.405. The van der Waals surface area contributed by atoms with Gasteiger partial charge in [0, 0.05) is 5.56 Å². The molecular weight excluding hydrogens is 348 g/mol. The molecule has 5 heteroatoms. The van der Waals surface area contributed by atoms with Gasteiger partial charge in [-0.2, -0.15) is 0 Å². The van der Waals surface area contributed by atoms with Gasteiger partial charge in [-0.05, 0) is 62.1 Å². The van der Waals surface area contributed by atoms with E-state index in [-0.39, 0.29) is 0 Å². The zero-order valence-electron chi connectivity index (χ0n) is 15.9. The normalized spacial score (nSPS) is 11.3. The molecule has 0 aliphatic carbocycles. The molecule has 0 spiro atoms. The van der Waals surface area contributed by atoms with Gasteiger partial charge in [0.1, 0.15) is 5.82 Å². The lowest BCUT2D eigenvalue weighted by Crippen LogP contribution is -2.07. The molecule has 0 aliphatic rings. The number of nitrogens with zero attached hydrogens (tertiary/aromatic N) is 1. The number of benzene rings is 2. The zero-order chi connectivity index (χ0) is 18.8. The maximum atomic E-state index is 6.51. The van der Waals surface area contributed by atoms with Gasteiger partial charge in [0.2, 0.25) is 0 Å². The van der Waals surface area contributed by atoms with Crippen LogP contribution in [0.2, 0.25) is 5.02 Å². The Morgan fingerprint density at radius 3 is 2.50 bits per heavy atom. The van der Waals surface area contributed by atoms with Crippen LogP contribution >= 0.6 is 11.6 Å². The molecule has 0 aliphatic heterocycles. The van der Waals surface area contributed by atoms with E-state index in [0.717, 1.165) is 22.4 Å². The Morgan fingerprint density at radius 2 is 1.81 bits per heavy atom. The van der Waals surface area contributed by atoms with Crippen molar-refractivity contribution < 1.29 is 9.47 Å². The van der Waals surface area contributed by atoms with E-state index in [2.05, 4.69) is 44.8 Å². The third-order valence-corrected chi connectivity index (χ3v) is 4.52. The number of aromatic amines is 1. The highest BCUT2D eigenvalue weighted by atomic mass is 35.5. The van der Waals surface area contributed by atoms with Crippen molar-refractivity contribution in [1.29, 1.82) is 0 Å². The van der Waals surface area contributed by atoms with Crippen LogP contribution in [-0.2, 0) is 0 Å². The topological polar surface area (TPSA) is 47.1 Å². The number of rotatable bonds is 6. The van der Waals surface area contributed by atoms with Crippen molar-refractivity contribution in [2.45, 2.75) is 34.6 Å². The molecule has 0 bridgehead atoms. The number of hydrogen-bond donors (Lipinski definition) is 1. The fraction of sp³-hybridized carbons (Fsp3) is 0.381. The van der Waals surface area contributed by atoms with Crippen molar-refractivity contribution in [3.63, 3.8) is 0 Å². The number of aromatic nitrogens is 2. The molecule has 26 heavy (non-hydrogen) atoms. The lowest BCUT2D eigenvalue weighted by atomic mass is 10.1. The van der Waals surface area contributed by atoms with Crippen LogP contribution < -0.4 is 9.47 Å². The van der Waals surface area contributed by atoms with Crippen molar-refractivity contribution in [1.82, 2.24) is 9.97 Å². The SMILES string of the molecule is CCOc1cc(-c2nc3cc(C)c(C)cc3[nH]2)cc(Cl)c1OCC(C)C. The van der Waals surface area contributed by atoms with E-state index in [1.807, 2.05) is 19.1 Å². The largest absolute Gasteiger partial charge is 0.490 e. The molecule has 138 valence electrons. The fourth-order valence-corrected chi connectivity index (χ4v) is 3.03. The first-order valence-corrected chi connectivity index (χ1v) is 9.33. The summed E-state index contributed by atoms with van der Waals surface area (Å²) < 4.78 is 11.6. The first-order valence-electron chi connectivity index (χ1n) is 8.95. The van der Waals surface area contributed by atoms with Gasteiger partial charge in [-0.25, -0.2) is 4.98 Å². The molecule has 0 fully saturated rings. The highest BCUT2D eigenvalue weighted by molar-refractivity contribution is 6.32. The Kier molecular flexibility index (Phi) is 5.42. The van der Waals surface area contributed by atoms with Crippen molar-refractivity contribution in [2.24, 2.45) is 5.92 Å². The lowest BCUT2D eigenvalue weighted by Gasteiger charge is -2.16. The van der Waals surface area contributed by atoms with Crippen molar-refractivity contribution in [3.8, 4) is 22.9 Å². The molecular formula is C21H25ClN2O2. The monoisotopic (exact) mass is 372 g/mol. The summed E-state index contributed by atoms with van der Waals surface area (Å²) in [6, 6.07) is 8.02. The first-order chi connectivity index (χ1) is 12.4. The Morgan fingerprint density at radius 1 is 1.08 bits per heavy atom. The van der Waals surface area contributed by atoms with Crippen LogP contribution in [0.15, 0.2) is 24.3 Å². The standard InChI is InChI=1S/C21H25ClN2O2/c1-6-25-19-10-15(9-16(22)20(19)26-11-12(2)3)21-23-17-7-13(4)14(5)8-18(17)24-21/h7-10,12H,6,11H2,1-5H3,(H,23,24). The summed E-state index contributed by atoms with van der Waals surface area (Å²) in [5.41, 5.74) is 5.29. The summed E-state index contributed by atoms with van der Waals surface area (Å²) in [5.74, 6) is 2.41. The summed E-state index contributed by atoms with van der Waals surface area (Å²) in [6.07, 6.45) is 0. The van der Waals surface area contributed by atoms with E-state index in [1.165, 1.54) is 11.1 Å². The van der Waals surface area contributed by atoms with Crippen LogP contribution in [-0.4, -0.2) is 23.2 Å². The van der Waals surface area contributed by atoms with Gasteiger partial charge >= 0.3 is 0 Å². The summed E-state index contributed by atoms with van der Waals surface area (Å²) >= 11 is 6.51. The summed E-state index contributed by atoms with van der Waals surface area (Å²) in [4.78, 5) is 8.10. The number of fused-ring (bicyclic) bond motifs is 1. The van der Waals surface area contributed by atoms with Gasteiger partial charge in [0.05, 0.1) is 29.3 Å². The second-order valence-corrected chi connectivity index (χ2v) is 7.37. The molecule has 0 atom stereocenters. The summed E-state index contributed by atoms with van der Waals surface area (Å²) in [7, 11) is 0. The maximum absolute atomic E-state index is 6.51. The van der Waals surface area contributed by atoms with Crippen molar-refractivity contribution in [2.75, 3.05) is 13.2 Å². The van der Waals surface area contributed by atoms with E-state index in [4.69, 9.17) is 26.1 Å². The second-order valence-electron chi connectivity index (χ2n) is 6.96. The molecule has 3 rings (SSSR count). The molecule has 0 radical (unpaired) electrons. The third kappa shape index (κ3) is 3.80. The van der Waals surface area contributed by atoms with E-state index in [9.17, 15) is 0 Å². The third-order valence-electron chi connectivity index (χ3n) is 4.24. The highest BCUT2D eigenvalue weighted by Crippen LogP contribution is 2.39. The smallest absolute Gasteiger partial charge is 0.179 e. The van der Waals surface area contributed by atoms with Gasteiger partial charge in [-0.1, -0.05) is 25.4 Å². The number of H-pyrrole nitrogens is 1. The predicted molar refractivity (Wildman–Crippen MR) is 108 cm³/mol. The summed E-state index contributed by atoms with van der Waals surface area (Å²) in [6.45, 7) is 11.5. The first kappa shape index (κ1) is 18.6. The van der Waals surface area contributed by atoms with Crippen LogP contribution in [0.1, 0.15) is 31.9 Å². The molecule has 3 aromatic rings. The molecule has 0 unspecified atom stereocenters. The quantitative estimate of drug-likeness (QED) is 0.583. The average Bonchev–Trinajstić information content (AvgIpc) is 2.97. The molecule has 0 saturated carbocycles. The van der Waals surface area contributed by atoms with Crippen molar-refractivity contribution in [3.05, 3.63) is 40.4 Å². The van der Waals surface area contributed by atoms with Crippen LogP contribution in [0, 0.1) is 19.8 Å². The number of ether oxygens (including phenoxy) is 2. The second kappa shape index (κ2) is 7.58. The Bertz CT molecular complexity index is 892. The van der Waals surface area contributed by atoms with E-state index >= 15 is 0 Å². The Labute approximate surface area is 159 Å². The molecule has 2 aromatic carbocycles. The maximum Gasteiger partial charge on any atom is 0.179 e. The van der Waals surface area contributed by atoms with E-state index in [0.29, 0.717) is 35.7 Å². The number of nitrogens with one attached hydrogen (secondary N) is 1. The molecule has 0 saturated heterocycles. The lowest BCUT2D eigenvalue weighted by molar-refractivity contribution is 0.248. The molecule has 1 N–H and O–H groups in total. The Balaban J connectivity index is 2.04. The highest BCUT2D eigenvalue weighted by Gasteiger charge is 2.16. The van der Waals surface area contributed by atoms with Crippen molar-refractivity contribution >= 4 is 22.6 Å². The number of imidazole rings is 1. The van der Waals surface area contributed by atoms with Gasteiger partial charge < -0.3 is 14.5 Å². The van der Waals surface area contributed by atoms with Gasteiger partial charge in [0.25, 0.3) is 0 Å². The van der Waals surface area contributed by atoms with Crippen LogP contribution in [0.3, 0.4) is 0 Å². The van der Waals surface area contributed by atoms with Gasteiger partial charge in [0.15, 0.2) is 11.5 Å². The molecule has 0 amide bonds. The Hall–Kier alpha value is -2.20. The van der Waals surface area contributed by atoms with Crippen LogP contribution in [0.25, 0.3) is 22.4 Å². The van der Waals surface area contributed by atoms with E-state index < -0.39 is 0 Å². The molecule has 1 aromatic heterocycles. The summed E-state index contributed by atoms with van der Waals surface area (Å²) in [5, 5.41) is 0.527. The number of aryl methyl sites for hydroxylation is 2. The zero-order valence-corrected chi connectivity index (χ0v) is 16.7.